The summed E-state index contributed by atoms with van der Waals surface area (Å²) in [6.45, 7) is 1.32. The third kappa shape index (κ3) is 8.61. The van der Waals surface area contributed by atoms with Gasteiger partial charge < -0.3 is 15.0 Å². The summed E-state index contributed by atoms with van der Waals surface area (Å²) in [7, 11) is -2.86. The highest BCUT2D eigenvalue weighted by Gasteiger charge is 2.35. The molecule has 0 aliphatic carbocycles. The van der Waals surface area contributed by atoms with E-state index in [0.29, 0.717) is 18.7 Å². The first-order valence-electron chi connectivity index (χ1n) is 14.4. The Kier molecular flexibility index (Phi) is 11.6. The molecule has 236 valence electrons. The van der Waals surface area contributed by atoms with Crippen molar-refractivity contribution in [2.24, 2.45) is 0 Å². The molecule has 11 heteroatoms. The van der Waals surface area contributed by atoms with Gasteiger partial charge in [-0.2, -0.15) is 0 Å². The highest BCUT2D eigenvalue weighted by atomic mass is 35.5. The second-order valence-corrected chi connectivity index (χ2v) is 12.6. The molecule has 1 atom stereocenters. The summed E-state index contributed by atoms with van der Waals surface area (Å²) in [6.07, 6.45) is 0.784. The van der Waals surface area contributed by atoms with E-state index in [1.54, 1.807) is 18.2 Å². The van der Waals surface area contributed by atoms with E-state index < -0.39 is 40.2 Å². The van der Waals surface area contributed by atoms with Crippen LogP contribution in [-0.4, -0.2) is 51.4 Å². The van der Waals surface area contributed by atoms with Crippen molar-refractivity contribution < 1.29 is 27.1 Å². The van der Waals surface area contributed by atoms with Crippen molar-refractivity contribution in [3.63, 3.8) is 0 Å². The van der Waals surface area contributed by atoms with E-state index in [-0.39, 0.29) is 34.1 Å². The Hall–Kier alpha value is -4.41. The number of hydrogen-bond donors (Lipinski definition) is 1. The first kappa shape index (κ1) is 33.5. The smallest absolute Gasteiger partial charge is 0.264 e. The van der Waals surface area contributed by atoms with Crippen LogP contribution in [0.1, 0.15) is 24.5 Å². The Labute approximate surface area is 268 Å². The lowest BCUT2D eigenvalue weighted by Crippen LogP contribution is -2.53. The van der Waals surface area contributed by atoms with Crippen molar-refractivity contribution in [1.82, 2.24) is 10.2 Å². The molecule has 4 rings (SSSR count). The van der Waals surface area contributed by atoms with Crippen LogP contribution in [0.2, 0.25) is 5.02 Å². The minimum Gasteiger partial charge on any atom is -0.497 e. The molecule has 0 saturated heterocycles. The molecule has 0 spiro atoms. The van der Waals surface area contributed by atoms with Gasteiger partial charge in [0.2, 0.25) is 11.8 Å². The van der Waals surface area contributed by atoms with Crippen molar-refractivity contribution in [3.05, 3.63) is 125 Å². The van der Waals surface area contributed by atoms with Gasteiger partial charge in [-0.1, -0.05) is 73.1 Å². The van der Waals surface area contributed by atoms with Crippen LogP contribution in [0.4, 0.5) is 10.1 Å². The number of anilines is 1. The van der Waals surface area contributed by atoms with E-state index in [1.165, 1.54) is 66.6 Å². The zero-order valence-corrected chi connectivity index (χ0v) is 26.6. The van der Waals surface area contributed by atoms with Crippen molar-refractivity contribution in [1.29, 1.82) is 0 Å². The largest absolute Gasteiger partial charge is 0.497 e. The zero-order chi connectivity index (χ0) is 32.4. The van der Waals surface area contributed by atoms with E-state index >= 15 is 0 Å². The number of rotatable bonds is 14. The fourth-order valence-electron chi connectivity index (χ4n) is 4.77. The van der Waals surface area contributed by atoms with Gasteiger partial charge in [-0.15, -0.1) is 0 Å². The highest BCUT2D eigenvalue weighted by Crippen LogP contribution is 2.28. The maximum Gasteiger partial charge on any atom is 0.264 e. The Morgan fingerprint density at radius 1 is 0.933 bits per heavy atom. The first-order chi connectivity index (χ1) is 21.6. The van der Waals surface area contributed by atoms with Crippen molar-refractivity contribution in [3.8, 4) is 5.75 Å². The molecule has 0 aromatic heterocycles. The monoisotopic (exact) mass is 651 g/mol. The summed E-state index contributed by atoms with van der Waals surface area (Å²) in [5.41, 5.74) is 1.10. The first-order valence-corrected chi connectivity index (χ1v) is 16.2. The average Bonchev–Trinajstić information content (AvgIpc) is 3.05. The normalized spacial score (nSPS) is 11.8. The summed E-state index contributed by atoms with van der Waals surface area (Å²) in [6, 6.07) is 25.9. The topological polar surface area (TPSA) is 96.0 Å². The third-order valence-electron chi connectivity index (χ3n) is 7.14. The van der Waals surface area contributed by atoms with E-state index in [0.717, 1.165) is 9.87 Å². The molecule has 4 aromatic rings. The van der Waals surface area contributed by atoms with Crippen molar-refractivity contribution in [2.75, 3.05) is 24.5 Å². The van der Waals surface area contributed by atoms with Crippen LogP contribution in [0.3, 0.4) is 0 Å². The Morgan fingerprint density at radius 2 is 1.62 bits per heavy atom. The molecule has 0 aliphatic rings. The fraction of sp³-hybridized carbons (Fsp3) is 0.235. The summed E-state index contributed by atoms with van der Waals surface area (Å²) in [4.78, 5) is 29.2. The molecule has 0 fully saturated rings. The third-order valence-corrected chi connectivity index (χ3v) is 9.16. The van der Waals surface area contributed by atoms with Gasteiger partial charge in [0, 0.05) is 30.1 Å². The molecule has 0 bridgehead atoms. The van der Waals surface area contributed by atoms with E-state index in [4.69, 9.17) is 16.3 Å². The Balaban J connectivity index is 1.80. The molecular weight excluding hydrogens is 617 g/mol. The van der Waals surface area contributed by atoms with E-state index in [2.05, 4.69) is 5.32 Å². The number of methoxy groups -OCH3 is 1. The number of hydrogen-bond acceptors (Lipinski definition) is 5. The van der Waals surface area contributed by atoms with Gasteiger partial charge in [0.15, 0.2) is 0 Å². The summed E-state index contributed by atoms with van der Waals surface area (Å²) in [5.74, 6) is -1.24. The molecule has 45 heavy (non-hydrogen) atoms. The van der Waals surface area contributed by atoms with Crippen LogP contribution in [0.5, 0.6) is 5.75 Å². The van der Waals surface area contributed by atoms with Crippen LogP contribution in [0.25, 0.3) is 0 Å². The number of nitrogens with zero attached hydrogens (tertiary/aromatic N) is 2. The molecule has 0 radical (unpaired) electrons. The average molecular weight is 652 g/mol. The van der Waals surface area contributed by atoms with Gasteiger partial charge in [-0.25, -0.2) is 12.8 Å². The number of nitrogens with one attached hydrogen (secondary N) is 1. The lowest BCUT2D eigenvalue weighted by atomic mass is 10.0. The molecule has 0 aliphatic heterocycles. The second-order valence-electron chi connectivity index (χ2n) is 10.3. The van der Waals surface area contributed by atoms with Crippen molar-refractivity contribution >= 4 is 39.1 Å². The predicted molar refractivity (Wildman–Crippen MR) is 173 cm³/mol. The Morgan fingerprint density at radius 3 is 2.27 bits per heavy atom. The summed E-state index contributed by atoms with van der Waals surface area (Å²) in [5, 5.41) is 3.12. The number of benzene rings is 4. The van der Waals surface area contributed by atoms with E-state index in [9.17, 15) is 22.4 Å². The van der Waals surface area contributed by atoms with Crippen LogP contribution in [0, 0.1) is 5.82 Å². The Bertz CT molecular complexity index is 1700. The maximum atomic E-state index is 15.0. The van der Waals surface area contributed by atoms with Crippen LogP contribution < -0.4 is 14.4 Å². The van der Waals surface area contributed by atoms with Crippen molar-refractivity contribution in [2.45, 2.75) is 37.2 Å². The highest BCUT2D eigenvalue weighted by molar-refractivity contribution is 7.92. The van der Waals surface area contributed by atoms with Gasteiger partial charge in [-0.3, -0.25) is 13.9 Å². The quantitative estimate of drug-likeness (QED) is 0.185. The fourth-order valence-corrected chi connectivity index (χ4v) is 6.36. The van der Waals surface area contributed by atoms with Gasteiger partial charge >= 0.3 is 0 Å². The van der Waals surface area contributed by atoms with Gasteiger partial charge in [0.1, 0.15) is 24.2 Å². The number of sulfonamides is 1. The second kappa shape index (κ2) is 15.5. The number of ether oxygens (including phenoxy) is 1. The lowest BCUT2D eigenvalue weighted by Gasteiger charge is -2.34. The van der Waals surface area contributed by atoms with Crippen LogP contribution in [-0.2, 0) is 32.6 Å². The van der Waals surface area contributed by atoms with Crippen LogP contribution in [0.15, 0.2) is 108 Å². The maximum absolute atomic E-state index is 15.0. The summed E-state index contributed by atoms with van der Waals surface area (Å²) < 4.78 is 49.3. The van der Waals surface area contributed by atoms with Gasteiger partial charge in [0.25, 0.3) is 10.0 Å². The molecule has 0 unspecified atom stereocenters. The zero-order valence-electron chi connectivity index (χ0n) is 25.0. The molecule has 0 heterocycles. The number of amides is 2. The van der Waals surface area contributed by atoms with E-state index in [1.807, 2.05) is 37.3 Å². The number of carbonyl (C=O) groups is 2. The van der Waals surface area contributed by atoms with Crippen LogP contribution >= 0.6 is 11.6 Å². The molecular formula is C34H35ClFN3O5S. The molecule has 8 nitrogen and oxygen atoms in total. The molecule has 0 saturated carbocycles. The minimum absolute atomic E-state index is 0.0850. The lowest BCUT2D eigenvalue weighted by molar-refractivity contribution is -0.140. The van der Waals surface area contributed by atoms with Gasteiger partial charge in [0.05, 0.1) is 17.7 Å². The molecule has 1 N–H and O–H groups in total. The molecule has 4 aromatic carbocycles. The van der Waals surface area contributed by atoms with Gasteiger partial charge in [-0.05, 0) is 60.5 Å². The standard InChI is InChI=1S/C34H35ClFN3O5S/c1-3-20-37-34(41)32(21-25-10-5-4-6-11-25)38(23-26-12-7-8-15-31(26)36)33(40)24-39(28-14-9-13-27(35)22-28)45(42,43)30-18-16-29(44-2)17-19-30/h4-19,22,32H,3,20-21,23-24H2,1-2H3,(H,37,41)/t32-/m0/s1. The summed E-state index contributed by atoms with van der Waals surface area (Å²) >= 11 is 6.25. The minimum atomic E-state index is -4.33. The predicted octanol–water partition coefficient (Wildman–Crippen LogP) is 5.85. The number of halogens is 2. The SMILES string of the molecule is CCCNC(=O)[C@H](Cc1ccccc1)N(Cc1ccccc1F)C(=O)CN(c1cccc(Cl)c1)S(=O)(=O)c1ccc(OC)cc1. The molecule has 2 amide bonds. The number of carbonyl (C=O) groups excluding carboxylic acids is 2.